The molecule has 1 N–H and O–H groups in total. The second-order valence-corrected chi connectivity index (χ2v) is 4.74. The van der Waals surface area contributed by atoms with E-state index in [1.807, 2.05) is 0 Å². The van der Waals surface area contributed by atoms with E-state index in [1.165, 1.54) is 29.5 Å². The van der Waals surface area contributed by atoms with Crippen molar-refractivity contribution in [2.24, 2.45) is 0 Å². The van der Waals surface area contributed by atoms with Crippen LogP contribution >= 0.6 is 0 Å². The molecule has 0 bridgehead atoms. The van der Waals surface area contributed by atoms with Gasteiger partial charge < -0.3 is 5.32 Å². The summed E-state index contributed by atoms with van der Waals surface area (Å²) >= 11 is 0. The fraction of sp³-hybridized carbons (Fsp3) is 0.250. The van der Waals surface area contributed by atoms with E-state index in [1.54, 1.807) is 0 Å². The molecule has 0 saturated heterocycles. The van der Waals surface area contributed by atoms with Gasteiger partial charge in [-0.25, -0.2) is 0 Å². The van der Waals surface area contributed by atoms with Gasteiger partial charge >= 0.3 is 0 Å². The van der Waals surface area contributed by atoms with Gasteiger partial charge in [0.15, 0.2) is 0 Å². The molecule has 3 rings (SSSR count). The van der Waals surface area contributed by atoms with Crippen LogP contribution in [0.1, 0.15) is 18.4 Å². The average Bonchev–Trinajstić information content (AvgIpc) is 3.21. The van der Waals surface area contributed by atoms with Gasteiger partial charge in [-0.05, 0) is 36.6 Å². The van der Waals surface area contributed by atoms with Crippen LogP contribution in [0.3, 0.4) is 0 Å². The zero-order chi connectivity index (χ0) is 11.7. The van der Waals surface area contributed by atoms with Crippen LogP contribution in [0.4, 0.5) is 0 Å². The van der Waals surface area contributed by atoms with Gasteiger partial charge in [0, 0.05) is 5.54 Å². The minimum atomic E-state index is 0.229. The topological polar surface area (TPSA) is 12.0 Å². The standard InChI is InChI=1S/C16H17N/c1-17-16(11-12-16)15-10-6-5-9-14(15)13-7-3-2-4-8-13/h2-10,17H,11-12H2,1H3. The Labute approximate surface area is 102 Å². The van der Waals surface area contributed by atoms with Crippen LogP contribution in [0.2, 0.25) is 0 Å². The minimum absolute atomic E-state index is 0.229. The first kappa shape index (κ1) is 10.5. The van der Waals surface area contributed by atoms with E-state index in [4.69, 9.17) is 0 Å². The molecule has 0 atom stereocenters. The average molecular weight is 223 g/mol. The Morgan fingerprint density at radius 3 is 2.18 bits per heavy atom. The summed E-state index contributed by atoms with van der Waals surface area (Å²) in [6, 6.07) is 19.4. The number of rotatable bonds is 3. The first-order chi connectivity index (χ1) is 8.36. The molecule has 1 aliphatic carbocycles. The van der Waals surface area contributed by atoms with Gasteiger partial charge in [0.2, 0.25) is 0 Å². The zero-order valence-electron chi connectivity index (χ0n) is 10.1. The summed E-state index contributed by atoms with van der Waals surface area (Å²) in [5.41, 5.74) is 4.34. The Hall–Kier alpha value is -1.60. The molecule has 2 aromatic carbocycles. The van der Waals surface area contributed by atoms with E-state index in [-0.39, 0.29) is 5.54 Å². The van der Waals surface area contributed by atoms with E-state index < -0.39 is 0 Å². The van der Waals surface area contributed by atoms with Gasteiger partial charge in [0.1, 0.15) is 0 Å². The van der Waals surface area contributed by atoms with Gasteiger partial charge in [-0.1, -0.05) is 54.6 Å². The zero-order valence-corrected chi connectivity index (χ0v) is 10.1. The molecule has 0 aromatic heterocycles. The molecule has 2 aromatic rings. The Bertz CT molecular complexity index is 512. The van der Waals surface area contributed by atoms with Crippen molar-refractivity contribution in [2.75, 3.05) is 7.05 Å². The largest absolute Gasteiger partial charge is 0.310 e. The summed E-state index contributed by atoms with van der Waals surface area (Å²) < 4.78 is 0. The lowest BCUT2D eigenvalue weighted by Gasteiger charge is -2.19. The third-order valence-corrected chi connectivity index (χ3v) is 3.76. The fourth-order valence-corrected chi connectivity index (χ4v) is 2.55. The van der Waals surface area contributed by atoms with Crippen LogP contribution in [0, 0.1) is 0 Å². The van der Waals surface area contributed by atoms with Gasteiger partial charge in [0.05, 0.1) is 0 Å². The van der Waals surface area contributed by atoms with E-state index in [9.17, 15) is 0 Å². The third kappa shape index (κ3) is 1.77. The van der Waals surface area contributed by atoms with Crippen molar-refractivity contribution in [1.82, 2.24) is 5.32 Å². The molecular formula is C16H17N. The molecule has 86 valence electrons. The Balaban J connectivity index is 2.12. The van der Waals surface area contributed by atoms with Crippen molar-refractivity contribution in [3.8, 4) is 11.1 Å². The first-order valence-electron chi connectivity index (χ1n) is 6.20. The van der Waals surface area contributed by atoms with E-state index in [0.717, 1.165) is 0 Å². The molecule has 1 aliphatic rings. The lowest BCUT2D eigenvalue weighted by atomic mass is 9.93. The molecule has 0 radical (unpaired) electrons. The number of benzene rings is 2. The smallest absolute Gasteiger partial charge is 0.0440 e. The highest BCUT2D eigenvalue weighted by atomic mass is 15.0. The van der Waals surface area contributed by atoms with E-state index in [0.29, 0.717) is 0 Å². The Morgan fingerprint density at radius 2 is 1.53 bits per heavy atom. The molecule has 0 heterocycles. The predicted molar refractivity (Wildman–Crippen MR) is 71.8 cm³/mol. The molecule has 1 fully saturated rings. The van der Waals surface area contributed by atoms with Gasteiger partial charge in [-0.3, -0.25) is 0 Å². The second kappa shape index (κ2) is 4.01. The van der Waals surface area contributed by atoms with Gasteiger partial charge in [0.25, 0.3) is 0 Å². The van der Waals surface area contributed by atoms with Crippen LogP contribution in [-0.2, 0) is 5.54 Å². The fourth-order valence-electron chi connectivity index (χ4n) is 2.55. The molecule has 1 nitrogen and oxygen atoms in total. The quantitative estimate of drug-likeness (QED) is 0.839. The molecular weight excluding hydrogens is 206 g/mol. The molecule has 0 amide bonds. The summed E-state index contributed by atoms with van der Waals surface area (Å²) in [6.45, 7) is 0. The maximum atomic E-state index is 3.48. The summed E-state index contributed by atoms with van der Waals surface area (Å²) in [6.07, 6.45) is 2.49. The molecule has 17 heavy (non-hydrogen) atoms. The lowest BCUT2D eigenvalue weighted by Crippen LogP contribution is -2.25. The normalized spacial score (nSPS) is 16.8. The van der Waals surface area contributed by atoms with Crippen molar-refractivity contribution in [2.45, 2.75) is 18.4 Å². The molecule has 1 heteroatoms. The van der Waals surface area contributed by atoms with Crippen molar-refractivity contribution in [1.29, 1.82) is 0 Å². The lowest BCUT2D eigenvalue weighted by molar-refractivity contribution is 0.587. The predicted octanol–water partition coefficient (Wildman–Crippen LogP) is 3.56. The Morgan fingerprint density at radius 1 is 0.882 bits per heavy atom. The van der Waals surface area contributed by atoms with Crippen LogP contribution in [-0.4, -0.2) is 7.05 Å². The van der Waals surface area contributed by atoms with Gasteiger partial charge in [-0.15, -0.1) is 0 Å². The highest BCUT2D eigenvalue weighted by Gasteiger charge is 2.43. The molecule has 0 spiro atoms. The molecule has 0 unspecified atom stereocenters. The highest BCUT2D eigenvalue weighted by Crippen LogP contribution is 2.48. The Kier molecular flexibility index (Phi) is 2.49. The summed E-state index contributed by atoms with van der Waals surface area (Å²) in [5.74, 6) is 0. The summed E-state index contributed by atoms with van der Waals surface area (Å²) in [7, 11) is 2.06. The minimum Gasteiger partial charge on any atom is -0.310 e. The van der Waals surface area contributed by atoms with Gasteiger partial charge in [-0.2, -0.15) is 0 Å². The first-order valence-corrected chi connectivity index (χ1v) is 6.20. The molecule has 0 aliphatic heterocycles. The van der Waals surface area contributed by atoms with Crippen LogP contribution < -0.4 is 5.32 Å². The monoisotopic (exact) mass is 223 g/mol. The van der Waals surface area contributed by atoms with E-state index in [2.05, 4.69) is 67.0 Å². The van der Waals surface area contributed by atoms with Crippen LogP contribution in [0.5, 0.6) is 0 Å². The van der Waals surface area contributed by atoms with Crippen molar-refractivity contribution < 1.29 is 0 Å². The highest BCUT2D eigenvalue weighted by molar-refractivity contribution is 5.69. The third-order valence-electron chi connectivity index (χ3n) is 3.76. The van der Waals surface area contributed by atoms with Crippen molar-refractivity contribution >= 4 is 0 Å². The van der Waals surface area contributed by atoms with Crippen molar-refractivity contribution in [3.63, 3.8) is 0 Å². The van der Waals surface area contributed by atoms with Crippen LogP contribution in [0.25, 0.3) is 11.1 Å². The van der Waals surface area contributed by atoms with Crippen molar-refractivity contribution in [3.05, 3.63) is 60.2 Å². The van der Waals surface area contributed by atoms with E-state index >= 15 is 0 Å². The van der Waals surface area contributed by atoms with Crippen LogP contribution in [0.15, 0.2) is 54.6 Å². The molecule has 1 saturated carbocycles. The number of hydrogen-bond donors (Lipinski definition) is 1. The summed E-state index contributed by atoms with van der Waals surface area (Å²) in [5, 5.41) is 3.48. The maximum absolute atomic E-state index is 3.48. The maximum Gasteiger partial charge on any atom is 0.0440 e. The number of hydrogen-bond acceptors (Lipinski definition) is 1. The second-order valence-electron chi connectivity index (χ2n) is 4.74. The number of nitrogens with one attached hydrogen (secondary N) is 1. The SMILES string of the molecule is CNC1(c2ccccc2-c2ccccc2)CC1. The summed E-state index contributed by atoms with van der Waals surface area (Å²) in [4.78, 5) is 0.